The van der Waals surface area contributed by atoms with Crippen LogP contribution >= 0.6 is 0 Å². The molecule has 0 heterocycles. The van der Waals surface area contributed by atoms with Crippen LogP contribution in [0.4, 0.5) is 0 Å². The molecule has 0 aromatic rings. The fraction of sp³-hybridized carbons (Fsp3) is 0.800. The molecule has 6 nitrogen and oxygen atoms in total. The van der Waals surface area contributed by atoms with E-state index in [4.69, 9.17) is 4.78 Å². The number of nitrogens with zero attached hydrogens (tertiary/aromatic N) is 1. The SMILES string of the molecule is COC(=O)CNS(=N)(=O)N(C)C. The number of nitrogens with one attached hydrogen (secondary N) is 2. The van der Waals surface area contributed by atoms with Gasteiger partial charge >= 0.3 is 5.97 Å². The molecule has 0 aliphatic rings. The van der Waals surface area contributed by atoms with Crippen LogP contribution in [0.25, 0.3) is 0 Å². The first-order chi connectivity index (χ1) is 5.40. The van der Waals surface area contributed by atoms with Crippen LogP contribution in [0.1, 0.15) is 0 Å². The predicted octanol–water partition coefficient (Wildman–Crippen LogP) is -0.813. The van der Waals surface area contributed by atoms with Crippen LogP contribution in [0.5, 0.6) is 0 Å². The molecular weight excluding hydrogens is 182 g/mol. The zero-order valence-electron chi connectivity index (χ0n) is 7.29. The van der Waals surface area contributed by atoms with Crippen molar-refractivity contribution in [1.82, 2.24) is 9.03 Å². The van der Waals surface area contributed by atoms with Gasteiger partial charge in [0.1, 0.15) is 6.54 Å². The molecular formula is C5H13N3O3S. The quantitative estimate of drug-likeness (QED) is 0.575. The highest BCUT2D eigenvalue weighted by Gasteiger charge is 2.10. The molecule has 0 aromatic heterocycles. The molecule has 12 heavy (non-hydrogen) atoms. The van der Waals surface area contributed by atoms with Gasteiger partial charge in [-0.25, -0.2) is 18.0 Å². The number of methoxy groups -OCH3 is 1. The van der Waals surface area contributed by atoms with Crippen molar-refractivity contribution in [3.05, 3.63) is 0 Å². The second kappa shape index (κ2) is 4.39. The first-order valence-corrected chi connectivity index (χ1v) is 4.69. The van der Waals surface area contributed by atoms with Crippen LogP contribution in [0, 0.1) is 4.78 Å². The minimum Gasteiger partial charge on any atom is -0.468 e. The van der Waals surface area contributed by atoms with Gasteiger partial charge in [-0.2, -0.15) is 0 Å². The van der Waals surface area contributed by atoms with Gasteiger partial charge in [0.2, 0.25) is 0 Å². The number of rotatable bonds is 4. The smallest absolute Gasteiger partial charge is 0.320 e. The molecule has 2 N–H and O–H groups in total. The Labute approximate surface area is 72.1 Å². The van der Waals surface area contributed by atoms with Gasteiger partial charge in [-0.1, -0.05) is 0 Å². The zero-order chi connectivity index (χ0) is 9.78. The first kappa shape index (κ1) is 11.3. The number of hydrogen-bond donors (Lipinski definition) is 2. The van der Waals surface area contributed by atoms with E-state index >= 15 is 0 Å². The minimum absolute atomic E-state index is 0.225. The van der Waals surface area contributed by atoms with Gasteiger partial charge < -0.3 is 4.74 Å². The predicted molar refractivity (Wildman–Crippen MR) is 44.6 cm³/mol. The minimum atomic E-state index is -3.02. The molecule has 0 bridgehead atoms. The van der Waals surface area contributed by atoms with Gasteiger partial charge in [-0.05, 0) is 0 Å². The normalized spacial score (nSPS) is 15.7. The molecule has 0 fully saturated rings. The second-order valence-corrected chi connectivity index (χ2v) is 4.31. The topological polar surface area (TPSA) is 82.5 Å². The van der Waals surface area contributed by atoms with Crippen molar-refractivity contribution in [3.63, 3.8) is 0 Å². The zero-order valence-corrected chi connectivity index (χ0v) is 8.10. The Morgan fingerprint density at radius 3 is 2.50 bits per heavy atom. The Morgan fingerprint density at radius 1 is 1.67 bits per heavy atom. The van der Waals surface area contributed by atoms with Crippen LogP contribution in [-0.2, 0) is 19.6 Å². The van der Waals surface area contributed by atoms with Crippen LogP contribution < -0.4 is 4.72 Å². The Balaban J connectivity index is 4.02. The maximum Gasteiger partial charge on any atom is 0.320 e. The van der Waals surface area contributed by atoms with Crippen molar-refractivity contribution in [2.24, 2.45) is 0 Å². The molecule has 0 aliphatic carbocycles. The van der Waals surface area contributed by atoms with Crippen molar-refractivity contribution < 1.29 is 13.7 Å². The van der Waals surface area contributed by atoms with Gasteiger partial charge in [0.25, 0.3) is 0 Å². The van der Waals surface area contributed by atoms with E-state index in [2.05, 4.69) is 9.46 Å². The van der Waals surface area contributed by atoms with Gasteiger partial charge in [-0.3, -0.25) is 4.79 Å². The standard InChI is InChI=1S/C5H13N3O3S/c1-8(2)12(6,10)7-4-5(9)11-3/h4H2,1-3H3,(H2,6,7,10). The van der Waals surface area contributed by atoms with E-state index in [0.717, 1.165) is 0 Å². The molecule has 7 heteroatoms. The van der Waals surface area contributed by atoms with Crippen LogP contribution in [0.15, 0.2) is 0 Å². The Kier molecular flexibility index (Phi) is 4.15. The Hall–Kier alpha value is -0.660. The van der Waals surface area contributed by atoms with E-state index in [1.807, 2.05) is 0 Å². The fourth-order valence-corrected chi connectivity index (χ4v) is 0.930. The number of carbonyl (C=O) groups is 1. The van der Waals surface area contributed by atoms with E-state index in [0.29, 0.717) is 0 Å². The van der Waals surface area contributed by atoms with E-state index in [1.54, 1.807) is 0 Å². The summed E-state index contributed by atoms with van der Waals surface area (Å²) in [4.78, 5) is 10.6. The van der Waals surface area contributed by atoms with Crippen molar-refractivity contribution in [2.45, 2.75) is 0 Å². The third kappa shape index (κ3) is 3.65. The van der Waals surface area contributed by atoms with E-state index in [1.165, 1.54) is 25.5 Å². The lowest BCUT2D eigenvalue weighted by Gasteiger charge is -2.14. The summed E-state index contributed by atoms with van der Waals surface area (Å²) in [5.41, 5.74) is 0. The van der Waals surface area contributed by atoms with E-state index < -0.39 is 16.1 Å². The first-order valence-electron chi connectivity index (χ1n) is 3.18. The average molecular weight is 195 g/mol. The fourth-order valence-electron chi connectivity index (χ4n) is 0.358. The highest BCUT2D eigenvalue weighted by molar-refractivity contribution is 7.88. The molecule has 0 saturated carbocycles. The van der Waals surface area contributed by atoms with Gasteiger partial charge in [0, 0.05) is 14.1 Å². The van der Waals surface area contributed by atoms with Gasteiger partial charge in [0.05, 0.1) is 7.11 Å². The van der Waals surface area contributed by atoms with Crippen LogP contribution in [0.2, 0.25) is 0 Å². The largest absolute Gasteiger partial charge is 0.468 e. The molecule has 0 rings (SSSR count). The van der Waals surface area contributed by atoms with Crippen molar-refractivity contribution in [2.75, 3.05) is 27.7 Å². The van der Waals surface area contributed by atoms with Crippen molar-refractivity contribution in [3.8, 4) is 0 Å². The molecule has 0 saturated heterocycles. The Morgan fingerprint density at radius 2 is 2.17 bits per heavy atom. The third-order valence-corrected chi connectivity index (χ3v) is 2.72. The number of carbonyl (C=O) groups excluding carboxylic acids is 1. The van der Waals surface area contributed by atoms with Crippen LogP contribution in [-0.4, -0.2) is 42.2 Å². The Bertz CT molecular complexity index is 247. The summed E-state index contributed by atoms with van der Waals surface area (Å²) < 4.78 is 26.1. The molecule has 0 spiro atoms. The monoisotopic (exact) mass is 195 g/mol. The summed E-state index contributed by atoms with van der Waals surface area (Å²) in [5.74, 6) is -0.545. The summed E-state index contributed by atoms with van der Waals surface area (Å²) in [6.45, 7) is -0.225. The highest BCUT2D eigenvalue weighted by Crippen LogP contribution is 1.88. The molecule has 0 aromatic carbocycles. The molecule has 0 radical (unpaired) electrons. The number of esters is 1. The summed E-state index contributed by atoms with van der Waals surface area (Å²) in [6.07, 6.45) is 0. The summed E-state index contributed by atoms with van der Waals surface area (Å²) in [6, 6.07) is 0. The summed E-state index contributed by atoms with van der Waals surface area (Å²) in [7, 11) is 1.18. The molecule has 72 valence electrons. The number of hydrogen-bond acceptors (Lipinski definition) is 4. The molecule has 1 unspecified atom stereocenters. The maximum absolute atomic E-state index is 11.2. The van der Waals surface area contributed by atoms with Gasteiger partial charge in [0.15, 0.2) is 10.1 Å². The van der Waals surface area contributed by atoms with Crippen molar-refractivity contribution in [1.29, 1.82) is 4.78 Å². The van der Waals surface area contributed by atoms with E-state index in [9.17, 15) is 9.00 Å². The lowest BCUT2D eigenvalue weighted by atomic mass is 10.7. The molecule has 1 atom stereocenters. The summed E-state index contributed by atoms with van der Waals surface area (Å²) >= 11 is 0. The lowest BCUT2D eigenvalue weighted by molar-refractivity contribution is -0.139. The average Bonchev–Trinajstić information content (AvgIpc) is 2.00. The summed E-state index contributed by atoms with van der Waals surface area (Å²) in [5, 5.41) is 0. The maximum atomic E-state index is 11.2. The third-order valence-electron chi connectivity index (χ3n) is 1.15. The number of ether oxygens (including phenoxy) is 1. The molecule has 0 amide bonds. The molecule has 0 aliphatic heterocycles. The lowest BCUT2D eigenvalue weighted by Crippen LogP contribution is -2.37. The second-order valence-electron chi connectivity index (χ2n) is 2.24. The van der Waals surface area contributed by atoms with Crippen molar-refractivity contribution >= 4 is 16.1 Å². The van der Waals surface area contributed by atoms with E-state index in [-0.39, 0.29) is 6.54 Å². The van der Waals surface area contributed by atoms with Crippen LogP contribution in [0.3, 0.4) is 0 Å². The van der Waals surface area contributed by atoms with Gasteiger partial charge in [-0.15, -0.1) is 0 Å². The highest BCUT2D eigenvalue weighted by atomic mass is 32.2.